The molecule has 0 aliphatic heterocycles. The van der Waals surface area contributed by atoms with Crippen LogP contribution in [0.1, 0.15) is 37.2 Å². The zero-order chi connectivity index (χ0) is 14.0. The molecule has 0 aliphatic carbocycles. The third-order valence-corrected chi connectivity index (χ3v) is 3.55. The predicted molar refractivity (Wildman–Crippen MR) is 79.5 cm³/mol. The Morgan fingerprint density at radius 2 is 1.89 bits per heavy atom. The number of hydrogen-bond donors (Lipinski definition) is 1. The van der Waals surface area contributed by atoms with Crippen LogP contribution in [0.4, 0.5) is 0 Å². The molecule has 2 aromatic rings. The Labute approximate surface area is 115 Å². The molecule has 19 heavy (non-hydrogen) atoms. The summed E-state index contributed by atoms with van der Waals surface area (Å²) < 4.78 is 2.32. The van der Waals surface area contributed by atoms with Gasteiger partial charge in [-0.3, -0.25) is 0 Å². The van der Waals surface area contributed by atoms with Crippen molar-refractivity contribution in [2.75, 3.05) is 6.61 Å². The van der Waals surface area contributed by atoms with E-state index in [1.54, 1.807) is 0 Å². The number of fused-ring (bicyclic) bond motifs is 1. The minimum atomic E-state index is 0.225. The molecule has 3 heteroatoms. The van der Waals surface area contributed by atoms with E-state index < -0.39 is 0 Å². The maximum absolute atomic E-state index is 9.03. The van der Waals surface area contributed by atoms with Gasteiger partial charge in [0.05, 0.1) is 11.0 Å². The molecule has 0 fully saturated rings. The largest absolute Gasteiger partial charge is 0.396 e. The third-order valence-electron chi connectivity index (χ3n) is 3.55. The van der Waals surface area contributed by atoms with Crippen LogP contribution in [0.25, 0.3) is 11.0 Å². The lowest BCUT2D eigenvalue weighted by atomic mass is 10.1. The van der Waals surface area contributed by atoms with Crippen LogP contribution in [-0.4, -0.2) is 21.3 Å². The van der Waals surface area contributed by atoms with Gasteiger partial charge in [0.1, 0.15) is 5.82 Å². The Bertz CT molecular complexity index is 570. The molecule has 0 unspecified atom stereocenters. The Morgan fingerprint density at radius 3 is 2.53 bits per heavy atom. The van der Waals surface area contributed by atoms with E-state index in [-0.39, 0.29) is 6.61 Å². The van der Waals surface area contributed by atoms with Crippen molar-refractivity contribution in [3.8, 4) is 0 Å². The van der Waals surface area contributed by atoms with E-state index >= 15 is 0 Å². The van der Waals surface area contributed by atoms with Gasteiger partial charge in [0, 0.05) is 19.6 Å². The fraction of sp³-hybridized carbons (Fsp3) is 0.562. The van der Waals surface area contributed by atoms with Gasteiger partial charge in [-0.2, -0.15) is 0 Å². The highest BCUT2D eigenvalue weighted by Crippen LogP contribution is 2.22. The van der Waals surface area contributed by atoms with Crippen molar-refractivity contribution in [3.63, 3.8) is 0 Å². The van der Waals surface area contributed by atoms with E-state index in [0.717, 1.165) is 30.7 Å². The van der Waals surface area contributed by atoms with E-state index in [1.165, 1.54) is 16.6 Å². The van der Waals surface area contributed by atoms with Crippen molar-refractivity contribution in [1.29, 1.82) is 0 Å². The highest BCUT2D eigenvalue weighted by atomic mass is 16.2. The van der Waals surface area contributed by atoms with Crippen molar-refractivity contribution >= 4 is 11.0 Å². The molecule has 3 nitrogen and oxygen atoms in total. The maximum atomic E-state index is 9.03. The van der Waals surface area contributed by atoms with Crippen LogP contribution in [0.3, 0.4) is 0 Å². The van der Waals surface area contributed by atoms with Crippen LogP contribution < -0.4 is 0 Å². The molecule has 0 saturated heterocycles. The second kappa shape index (κ2) is 5.74. The first kappa shape index (κ1) is 14.1. The molecule has 1 aromatic heterocycles. The number of aliphatic hydroxyl groups is 1. The third kappa shape index (κ3) is 2.98. The maximum Gasteiger partial charge on any atom is 0.109 e. The molecule has 1 N–H and O–H groups in total. The molecular formula is C16H24N2O. The van der Waals surface area contributed by atoms with E-state index in [2.05, 4.69) is 44.4 Å². The lowest BCUT2D eigenvalue weighted by Gasteiger charge is -2.12. The van der Waals surface area contributed by atoms with Gasteiger partial charge in [0.2, 0.25) is 0 Å². The zero-order valence-corrected chi connectivity index (χ0v) is 12.4. The molecule has 0 saturated carbocycles. The number of aliphatic hydroxyl groups excluding tert-OH is 1. The summed E-state index contributed by atoms with van der Waals surface area (Å²) in [5.41, 5.74) is 4.91. The predicted octanol–water partition coefficient (Wildman–Crippen LogP) is 3.23. The summed E-state index contributed by atoms with van der Waals surface area (Å²) >= 11 is 0. The standard InChI is InChI=1S/C16H24N2O/c1-11(2)10-18-15-9-13(4)12(3)8-14(15)17-16(18)6-5-7-19/h8-9,11,19H,5-7,10H2,1-4H3. The minimum Gasteiger partial charge on any atom is -0.396 e. The van der Waals surface area contributed by atoms with Gasteiger partial charge in [-0.1, -0.05) is 13.8 Å². The summed E-state index contributed by atoms with van der Waals surface area (Å²) in [7, 11) is 0. The first-order valence-corrected chi connectivity index (χ1v) is 7.10. The number of benzene rings is 1. The van der Waals surface area contributed by atoms with E-state index in [4.69, 9.17) is 10.1 Å². The van der Waals surface area contributed by atoms with Gasteiger partial charge in [0.25, 0.3) is 0 Å². The summed E-state index contributed by atoms with van der Waals surface area (Å²) in [5.74, 6) is 1.69. The molecule has 1 heterocycles. The molecule has 0 amide bonds. The van der Waals surface area contributed by atoms with Crippen molar-refractivity contribution in [2.24, 2.45) is 5.92 Å². The van der Waals surface area contributed by atoms with Crippen LogP contribution in [0, 0.1) is 19.8 Å². The average Bonchev–Trinajstić information content (AvgIpc) is 2.65. The second-order valence-electron chi connectivity index (χ2n) is 5.78. The summed E-state index contributed by atoms with van der Waals surface area (Å²) in [5, 5.41) is 9.03. The Kier molecular flexibility index (Phi) is 4.25. The number of rotatable bonds is 5. The van der Waals surface area contributed by atoms with Crippen LogP contribution in [-0.2, 0) is 13.0 Å². The van der Waals surface area contributed by atoms with Crippen molar-refractivity contribution in [2.45, 2.75) is 47.1 Å². The number of imidazole rings is 1. The van der Waals surface area contributed by atoms with Gasteiger partial charge < -0.3 is 9.67 Å². The quantitative estimate of drug-likeness (QED) is 0.896. The van der Waals surface area contributed by atoms with E-state index in [1.807, 2.05) is 0 Å². The Hall–Kier alpha value is -1.35. The van der Waals surface area contributed by atoms with Gasteiger partial charge in [-0.15, -0.1) is 0 Å². The van der Waals surface area contributed by atoms with Crippen LogP contribution in [0.2, 0.25) is 0 Å². The number of nitrogens with zero attached hydrogens (tertiary/aromatic N) is 2. The first-order valence-electron chi connectivity index (χ1n) is 7.10. The summed E-state index contributed by atoms with van der Waals surface area (Å²) in [6.45, 7) is 9.94. The highest BCUT2D eigenvalue weighted by Gasteiger charge is 2.12. The first-order chi connectivity index (χ1) is 9.02. The van der Waals surface area contributed by atoms with Gasteiger partial charge >= 0.3 is 0 Å². The second-order valence-corrected chi connectivity index (χ2v) is 5.78. The Morgan fingerprint density at radius 1 is 1.21 bits per heavy atom. The van der Waals surface area contributed by atoms with Crippen molar-refractivity contribution in [3.05, 3.63) is 29.1 Å². The van der Waals surface area contributed by atoms with Gasteiger partial charge in [0.15, 0.2) is 0 Å². The van der Waals surface area contributed by atoms with E-state index in [9.17, 15) is 0 Å². The minimum absolute atomic E-state index is 0.225. The average molecular weight is 260 g/mol. The fourth-order valence-electron chi connectivity index (χ4n) is 2.43. The van der Waals surface area contributed by atoms with Crippen molar-refractivity contribution < 1.29 is 5.11 Å². The highest BCUT2D eigenvalue weighted by molar-refractivity contribution is 5.78. The molecule has 2 rings (SSSR count). The lowest BCUT2D eigenvalue weighted by Crippen LogP contribution is -2.09. The van der Waals surface area contributed by atoms with Crippen LogP contribution in [0.5, 0.6) is 0 Å². The SMILES string of the molecule is Cc1cc2nc(CCCO)n(CC(C)C)c2cc1C. The summed E-state index contributed by atoms with van der Waals surface area (Å²) in [6, 6.07) is 4.41. The van der Waals surface area contributed by atoms with Gasteiger partial charge in [-0.05, 0) is 49.4 Å². The molecule has 104 valence electrons. The molecule has 0 radical (unpaired) electrons. The molecule has 0 spiro atoms. The smallest absolute Gasteiger partial charge is 0.109 e. The zero-order valence-electron chi connectivity index (χ0n) is 12.4. The van der Waals surface area contributed by atoms with Crippen LogP contribution in [0.15, 0.2) is 12.1 Å². The number of aryl methyl sites for hydroxylation is 3. The molecule has 1 aromatic carbocycles. The monoisotopic (exact) mass is 260 g/mol. The summed E-state index contributed by atoms with van der Waals surface area (Å²) in [4.78, 5) is 4.76. The Balaban J connectivity index is 2.52. The number of hydrogen-bond acceptors (Lipinski definition) is 2. The van der Waals surface area contributed by atoms with E-state index in [0.29, 0.717) is 5.92 Å². The molecule has 0 aliphatic rings. The normalized spacial score (nSPS) is 11.7. The topological polar surface area (TPSA) is 38.1 Å². The lowest BCUT2D eigenvalue weighted by molar-refractivity contribution is 0.286. The molecule has 0 bridgehead atoms. The molecule has 0 atom stereocenters. The fourth-order valence-corrected chi connectivity index (χ4v) is 2.43. The number of aromatic nitrogens is 2. The summed E-state index contributed by atoms with van der Waals surface area (Å²) in [6.07, 6.45) is 1.62. The van der Waals surface area contributed by atoms with Gasteiger partial charge in [-0.25, -0.2) is 4.98 Å². The van der Waals surface area contributed by atoms with Crippen molar-refractivity contribution in [1.82, 2.24) is 9.55 Å². The van der Waals surface area contributed by atoms with Crippen LogP contribution >= 0.6 is 0 Å². The molecular weight excluding hydrogens is 236 g/mol.